The van der Waals surface area contributed by atoms with E-state index in [2.05, 4.69) is 0 Å². The van der Waals surface area contributed by atoms with E-state index in [4.69, 9.17) is 24.4 Å². The topological polar surface area (TPSA) is 91.0 Å². The van der Waals surface area contributed by atoms with Crippen LogP contribution >= 0.6 is 7.82 Å². The third-order valence-electron chi connectivity index (χ3n) is 5.96. The average molecular weight is 541 g/mol. The van der Waals surface area contributed by atoms with Crippen molar-refractivity contribution >= 4 is 7.82 Å². The van der Waals surface area contributed by atoms with Gasteiger partial charge in [0.05, 0.1) is 23.3 Å². The van der Waals surface area contributed by atoms with E-state index in [1.54, 1.807) is 6.92 Å². The van der Waals surface area contributed by atoms with Crippen molar-refractivity contribution in [2.45, 2.75) is 63.2 Å². The molecule has 3 N–H and O–H groups in total. The highest BCUT2D eigenvalue weighted by atomic mass is 31.2. The molecule has 200 valence electrons. The Morgan fingerprint density at radius 1 is 0.972 bits per heavy atom. The first-order valence-corrected chi connectivity index (χ1v) is 12.6. The van der Waals surface area contributed by atoms with Crippen LogP contribution in [0.4, 0.5) is 26.3 Å². The van der Waals surface area contributed by atoms with Gasteiger partial charge in [-0.15, -0.1) is 0 Å². The SMILES string of the molecule is CCC(N)(CCc1ccc(OCCCc2ccc(C(F)(F)F)cc2)c(C(F)(F)F)c1)C1OP(=O)(O)O1. The van der Waals surface area contributed by atoms with Crippen molar-refractivity contribution in [1.82, 2.24) is 0 Å². The Bertz CT molecular complexity index is 1080. The summed E-state index contributed by atoms with van der Waals surface area (Å²) in [7, 11) is -4.10. The van der Waals surface area contributed by atoms with Crippen LogP contribution in [0.3, 0.4) is 0 Å². The van der Waals surface area contributed by atoms with E-state index < -0.39 is 43.1 Å². The van der Waals surface area contributed by atoms with Crippen LogP contribution in [0.1, 0.15) is 48.4 Å². The molecule has 3 rings (SSSR count). The Labute approximate surface area is 204 Å². The van der Waals surface area contributed by atoms with Crippen LogP contribution in [0.25, 0.3) is 0 Å². The van der Waals surface area contributed by atoms with Gasteiger partial charge in [-0.05, 0) is 67.5 Å². The number of nitrogens with two attached hydrogens (primary N) is 1. The largest absolute Gasteiger partial charge is 0.493 e. The fourth-order valence-electron chi connectivity index (χ4n) is 3.70. The van der Waals surface area contributed by atoms with Crippen LogP contribution in [0.2, 0.25) is 0 Å². The molecule has 0 aliphatic carbocycles. The van der Waals surface area contributed by atoms with E-state index in [0.29, 0.717) is 30.4 Å². The van der Waals surface area contributed by atoms with Gasteiger partial charge in [-0.1, -0.05) is 25.1 Å². The van der Waals surface area contributed by atoms with Crippen molar-refractivity contribution < 1.29 is 49.6 Å². The Morgan fingerprint density at radius 3 is 2.11 bits per heavy atom. The molecule has 2 aromatic rings. The summed E-state index contributed by atoms with van der Waals surface area (Å²) in [5, 5.41) is 0. The normalized spacial score (nSPS) is 22.1. The van der Waals surface area contributed by atoms with Gasteiger partial charge in [0.15, 0.2) is 6.29 Å². The zero-order valence-electron chi connectivity index (χ0n) is 19.2. The second-order valence-electron chi connectivity index (χ2n) is 8.57. The number of ether oxygens (including phenoxy) is 1. The average Bonchev–Trinajstić information content (AvgIpc) is 2.78. The zero-order valence-corrected chi connectivity index (χ0v) is 20.1. The third kappa shape index (κ3) is 7.23. The zero-order chi connectivity index (χ0) is 26.8. The first kappa shape index (κ1) is 28.5. The van der Waals surface area contributed by atoms with Crippen LogP contribution < -0.4 is 10.5 Å². The quantitative estimate of drug-likeness (QED) is 0.210. The predicted octanol–water partition coefficient (Wildman–Crippen LogP) is 6.25. The molecule has 6 nitrogen and oxygen atoms in total. The Morgan fingerprint density at radius 2 is 1.58 bits per heavy atom. The number of aryl methyl sites for hydroxylation is 2. The minimum Gasteiger partial charge on any atom is -0.493 e. The van der Waals surface area contributed by atoms with Gasteiger partial charge in [-0.3, -0.25) is 9.05 Å². The smallest absolute Gasteiger partial charge is 0.477 e. The van der Waals surface area contributed by atoms with Crippen molar-refractivity contribution in [3.05, 3.63) is 64.7 Å². The second kappa shape index (κ2) is 10.7. The molecule has 0 saturated carbocycles. The first-order chi connectivity index (χ1) is 16.6. The van der Waals surface area contributed by atoms with E-state index in [1.165, 1.54) is 24.3 Å². The predicted molar refractivity (Wildman–Crippen MR) is 118 cm³/mol. The molecule has 0 radical (unpaired) electrons. The number of halogens is 6. The Balaban J connectivity index is 1.59. The van der Waals surface area contributed by atoms with E-state index in [1.807, 2.05) is 0 Å². The lowest BCUT2D eigenvalue weighted by Crippen LogP contribution is -2.56. The molecule has 13 heteroatoms. The molecule has 36 heavy (non-hydrogen) atoms. The molecule has 1 saturated heterocycles. The Kier molecular flexibility index (Phi) is 8.47. The number of benzene rings is 2. The monoisotopic (exact) mass is 541 g/mol. The van der Waals surface area contributed by atoms with Crippen LogP contribution in [-0.2, 0) is 38.8 Å². The molecule has 1 unspecified atom stereocenters. The van der Waals surface area contributed by atoms with Gasteiger partial charge in [0.25, 0.3) is 0 Å². The summed E-state index contributed by atoms with van der Waals surface area (Å²) < 4.78 is 105. The molecule has 0 spiro atoms. The molecule has 1 aliphatic heterocycles. The number of hydrogen-bond acceptors (Lipinski definition) is 5. The van der Waals surface area contributed by atoms with Crippen LogP contribution in [0.5, 0.6) is 5.75 Å². The van der Waals surface area contributed by atoms with Crippen molar-refractivity contribution in [3.63, 3.8) is 0 Å². The van der Waals surface area contributed by atoms with Gasteiger partial charge < -0.3 is 15.4 Å². The van der Waals surface area contributed by atoms with Gasteiger partial charge in [-0.2, -0.15) is 26.3 Å². The highest BCUT2D eigenvalue weighted by molar-refractivity contribution is 7.48. The van der Waals surface area contributed by atoms with E-state index in [9.17, 15) is 30.9 Å². The number of hydrogen-bond donors (Lipinski definition) is 2. The Hall–Kier alpha value is -2.11. The van der Waals surface area contributed by atoms with E-state index >= 15 is 0 Å². The molecule has 1 atom stereocenters. The number of phosphoric acid groups is 1. The summed E-state index contributed by atoms with van der Waals surface area (Å²) in [4.78, 5) is 9.15. The van der Waals surface area contributed by atoms with Crippen molar-refractivity contribution in [3.8, 4) is 5.75 Å². The molecule has 0 bridgehead atoms. The van der Waals surface area contributed by atoms with Crippen LogP contribution in [0, 0.1) is 0 Å². The summed E-state index contributed by atoms with van der Waals surface area (Å²) in [5.74, 6) is -0.361. The lowest BCUT2D eigenvalue weighted by atomic mass is 9.88. The third-order valence-corrected chi connectivity index (χ3v) is 6.88. The van der Waals surface area contributed by atoms with Crippen molar-refractivity contribution in [2.75, 3.05) is 6.61 Å². The van der Waals surface area contributed by atoms with Gasteiger partial charge in [0, 0.05) is 0 Å². The molecule has 1 aliphatic rings. The minimum absolute atomic E-state index is 0.0667. The fraction of sp³-hybridized carbons (Fsp3) is 0.478. The maximum absolute atomic E-state index is 13.7. The number of rotatable bonds is 10. The molecule has 1 heterocycles. The van der Waals surface area contributed by atoms with Gasteiger partial charge in [-0.25, -0.2) is 4.57 Å². The maximum atomic E-state index is 13.7. The standard InChI is InChI=1S/C23H26F6NO5P/c1-2-21(30,20-34-36(31,32)35-20)12-11-16-7-10-19(18(14-16)23(27,28)29)33-13-3-4-15-5-8-17(9-6-15)22(24,25)26/h5-10,14,20H,2-4,11-13,30H2,1H3,(H,31,32). The number of phosphoric ester groups is 1. The summed E-state index contributed by atoms with van der Waals surface area (Å²) in [5.41, 5.74) is 4.23. The fourth-order valence-corrected chi connectivity index (χ4v) is 4.62. The summed E-state index contributed by atoms with van der Waals surface area (Å²) in [6.45, 7) is 1.64. The highest BCUT2D eigenvalue weighted by Gasteiger charge is 2.51. The lowest BCUT2D eigenvalue weighted by molar-refractivity contribution is -0.161. The highest BCUT2D eigenvalue weighted by Crippen LogP contribution is 2.58. The van der Waals surface area contributed by atoms with Crippen LogP contribution in [0.15, 0.2) is 42.5 Å². The van der Waals surface area contributed by atoms with Crippen molar-refractivity contribution in [1.29, 1.82) is 0 Å². The second-order valence-corrected chi connectivity index (χ2v) is 9.93. The van der Waals surface area contributed by atoms with E-state index in [-0.39, 0.29) is 25.2 Å². The molecule has 0 aromatic heterocycles. The van der Waals surface area contributed by atoms with E-state index in [0.717, 1.165) is 18.2 Å². The summed E-state index contributed by atoms with van der Waals surface area (Å²) in [6, 6.07) is 8.19. The van der Waals surface area contributed by atoms with Gasteiger partial charge in [0.2, 0.25) is 0 Å². The van der Waals surface area contributed by atoms with Gasteiger partial charge >= 0.3 is 20.2 Å². The lowest BCUT2D eigenvalue weighted by Gasteiger charge is -2.42. The summed E-state index contributed by atoms with van der Waals surface area (Å²) >= 11 is 0. The van der Waals surface area contributed by atoms with Crippen LogP contribution in [-0.4, -0.2) is 23.3 Å². The molecule has 2 aromatic carbocycles. The molecular formula is C23H26F6NO5P. The first-order valence-electron chi connectivity index (χ1n) is 11.1. The summed E-state index contributed by atoms with van der Waals surface area (Å²) in [6.07, 6.45) is -9.07. The number of alkyl halides is 6. The van der Waals surface area contributed by atoms with Crippen molar-refractivity contribution in [2.24, 2.45) is 5.73 Å². The van der Waals surface area contributed by atoms with Gasteiger partial charge in [0.1, 0.15) is 5.75 Å². The molecule has 0 amide bonds. The molecule has 1 fully saturated rings. The molecular weight excluding hydrogens is 515 g/mol. The minimum atomic E-state index is -4.69. The maximum Gasteiger partial charge on any atom is 0.477 e.